The van der Waals surface area contributed by atoms with Crippen molar-refractivity contribution >= 4 is 31.5 Å². The predicted molar refractivity (Wildman–Crippen MR) is 56.9 cm³/mol. The lowest BCUT2D eigenvalue weighted by atomic mass is 10.2. The molecule has 0 amide bonds. The van der Waals surface area contributed by atoms with Gasteiger partial charge in [-0.1, -0.05) is 0 Å². The van der Waals surface area contributed by atoms with Crippen molar-refractivity contribution in [1.29, 1.82) is 0 Å². The summed E-state index contributed by atoms with van der Waals surface area (Å²) in [7, 11) is 2.14. The lowest BCUT2D eigenvalue weighted by Crippen LogP contribution is -1.98. The average Bonchev–Trinajstić information content (AvgIpc) is 2.46. The molecule has 0 aliphatic carbocycles. The number of hydrogen-bond donors (Lipinski definition) is 1. The summed E-state index contributed by atoms with van der Waals surface area (Å²) in [6.45, 7) is 0. The molecule has 0 bridgehead atoms. The quantitative estimate of drug-likeness (QED) is 0.513. The first-order chi connectivity index (χ1) is 6.18. The van der Waals surface area contributed by atoms with Crippen LogP contribution in [0.4, 0.5) is 10.5 Å². The highest BCUT2D eigenvalue weighted by Crippen LogP contribution is 2.19. The summed E-state index contributed by atoms with van der Waals surface area (Å²) in [6, 6.07) is 7.34. The van der Waals surface area contributed by atoms with Crippen molar-refractivity contribution < 1.29 is 4.79 Å². The SMILES string of the molecule is Nc1ccc2c(ccn2C(=O)P)c1. The minimum atomic E-state index is -0.0697. The van der Waals surface area contributed by atoms with E-state index in [2.05, 4.69) is 9.24 Å². The van der Waals surface area contributed by atoms with E-state index in [0.29, 0.717) is 5.69 Å². The maximum absolute atomic E-state index is 11.1. The van der Waals surface area contributed by atoms with Crippen molar-refractivity contribution in [3.05, 3.63) is 30.5 Å². The van der Waals surface area contributed by atoms with E-state index in [9.17, 15) is 4.79 Å². The van der Waals surface area contributed by atoms with Gasteiger partial charge in [-0.25, -0.2) is 0 Å². The molecule has 0 spiro atoms. The summed E-state index contributed by atoms with van der Waals surface area (Å²) >= 11 is 0. The van der Waals surface area contributed by atoms with E-state index in [1.807, 2.05) is 18.2 Å². The van der Waals surface area contributed by atoms with Gasteiger partial charge < -0.3 is 5.73 Å². The number of anilines is 1. The molecule has 4 heteroatoms. The van der Waals surface area contributed by atoms with Gasteiger partial charge in [0.25, 0.3) is 0 Å². The van der Waals surface area contributed by atoms with Crippen LogP contribution in [0.2, 0.25) is 0 Å². The molecular formula is C9H9N2OP. The second kappa shape index (κ2) is 2.86. The second-order valence-corrected chi connectivity index (χ2v) is 3.34. The Bertz CT molecular complexity index is 475. The minimum absolute atomic E-state index is 0.0697. The summed E-state index contributed by atoms with van der Waals surface area (Å²) in [6.07, 6.45) is 1.74. The summed E-state index contributed by atoms with van der Waals surface area (Å²) < 4.78 is 1.57. The van der Waals surface area contributed by atoms with Gasteiger partial charge in [0, 0.05) is 17.3 Å². The Balaban J connectivity index is 2.76. The zero-order valence-electron chi connectivity index (χ0n) is 6.90. The largest absolute Gasteiger partial charge is 0.399 e. The van der Waals surface area contributed by atoms with Gasteiger partial charge in [0.05, 0.1) is 5.52 Å². The Morgan fingerprint density at radius 3 is 2.85 bits per heavy atom. The molecule has 1 heterocycles. The molecule has 1 unspecified atom stereocenters. The van der Waals surface area contributed by atoms with Crippen molar-refractivity contribution in [2.24, 2.45) is 0 Å². The lowest BCUT2D eigenvalue weighted by molar-refractivity contribution is 0.262. The highest BCUT2D eigenvalue weighted by Gasteiger charge is 2.03. The normalized spacial score (nSPS) is 10.5. The van der Waals surface area contributed by atoms with E-state index < -0.39 is 0 Å². The van der Waals surface area contributed by atoms with Crippen LogP contribution in [0, 0.1) is 0 Å². The van der Waals surface area contributed by atoms with Gasteiger partial charge in [-0.3, -0.25) is 9.36 Å². The van der Waals surface area contributed by atoms with E-state index in [1.54, 1.807) is 16.8 Å². The number of fused-ring (bicyclic) bond motifs is 1. The van der Waals surface area contributed by atoms with Crippen LogP contribution in [0.5, 0.6) is 0 Å². The first kappa shape index (κ1) is 8.27. The molecule has 0 saturated carbocycles. The molecule has 0 aliphatic heterocycles. The summed E-state index contributed by atoms with van der Waals surface area (Å²) in [4.78, 5) is 11.1. The third kappa shape index (κ3) is 1.31. The number of benzene rings is 1. The molecule has 13 heavy (non-hydrogen) atoms. The van der Waals surface area contributed by atoms with Crippen LogP contribution in [-0.4, -0.2) is 10.2 Å². The van der Waals surface area contributed by atoms with Gasteiger partial charge in [-0.2, -0.15) is 0 Å². The zero-order valence-corrected chi connectivity index (χ0v) is 8.05. The van der Waals surface area contributed by atoms with Crippen LogP contribution >= 0.6 is 9.24 Å². The molecule has 3 nitrogen and oxygen atoms in total. The summed E-state index contributed by atoms with van der Waals surface area (Å²) in [5, 5.41) is 0.982. The Hall–Kier alpha value is -1.34. The number of aromatic nitrogens is 1. The van der Waals surface area contributed by atoms with Gasteiger partial charge in [-0.15, -0.1) is 0 Å². The Labute approximate surface area is 77.7 Å². The van der Waals surface area contributed by atoms with Crippen LogP contribution in [0.3, 0.4) is 0 Å². The fourth-order valence-electron chi connectivity index (χ4n) is 1.35. The monoisotopic (exact) mass is 192 g/mol. The maximum atomic E-state index is 11.1. The van der Waals surface area contributed by atoms with Gasteiger partial charge >= 0.3 is 0 Å². The number of nitrogen functional groups attached to an aromatic ring is 1. The van der Waals surface area contributed by atoms with E-state index in [1.165, 1.54) is 0 Å². The second-order valence-electron chi connectivity index (χ2n) is 2.84. The summed E-state index contributed by atoms with van der Waals surface area (Å²) in [5.74, 6) is 0. The molecule has 2 rings (SSSR count). The van der Waals surface area contributed by atoms with Crippen LogP contribution in [0.1, 0.15) is 0 Å². The Morgan fingerprint density at radius 1 is 1.38 bits per heavy atom. The van der Waals surface area contributed by atoms with Crippen LogP contribution < -0.4 is 5.73 Å². The topological polar surface area (TPSA) is 48.0 Å². The fourth-order valence-corrected chi connectivity index (χ4v) is 1.58. The third-order valence-electron chi connectivity index (χ3n) is 1.95. The average molecular weight is 192 g/mol. The van der Waals surface area contributed by atoms with E-state index in [-0.39, 0.29) is 5.65 Å². The smallest absolute Gasteiger partial charge is 0.245 e. The van der Waals surface area contributed by atoms with Crippen molar-refractivity contribution in [1.82, 2.24) is 4.57 Å². The van der Waals surface area contributed by atoms with Gasteiger partial charge in [0.2, 0.25) is 5.65 Å². The number of nitrogens with two attached hydrogens (primary N) is 1. The molecular weight excluding hydrogens is 183 g/mol. The number of carbonyl (C=O) groups is 1. The van der Waals surface area contributed by atoms with Crippen LogP contribution in [-0.2, 0) is 0 Å². The molecule has 2 aromatic rings. The highest BCUT2D eigenvalue weighted by molar-refractivity contribution is 7.40. The highest BCUT2D eigenvalue weighted by atomic mass is 31.0. The van der Waals surface area contributed by atoms with Crippen molar-refractivity contribution in [3.8, 4) is 0 Å². The zero-order chi connectivity index (χ0) is 9.42. The minimum Gasteiger partial charge on any atom is -0.399 e. The van der Waals surface area contributed by atoms with Gasteiger partial charge in [0.1, 0.15) is 0 Å². The molecule has 1 aromatic heterocycles. The predicted octanol–water partition coefficient (Wildman–Crippen LogP) is 2.07. The fraction of sp³-hybridized carbons (Fsp3) is 0. The van der Waals surface area contributed by atoms with Crippen molar-refractivity contribution in [3.63, 3.8) is 0 Å². The lowest BCUT2D eigenvalue weighted by Gasteiger charge is -1.98. The molecule has 0 aliphatic rings. The number of nitrogens with zero attached hydrogens (tertiary/aromatic N) is 1. The first-order valence-corrected chi connectivity index (χ1v) is 4.42. The first-order valence-electron chi connectivity index (χ1n) is 3.85. The summed E-state index contributed by atoms with van der Waals surface area (Å²) in [5.41, 5.74) is 7.13. The molecule has 0 saturated heterocycles. The Morgan fingerprint density at radius 2 is 2.15 bits per heavy atom. The van der Waals surface area contributed by atoms with Crippen LogP contribution in [0.25, 0.3) is 10.9 Å². The van der Waals surface area contributed by atoms with E-state index >= 15 is 0 Å². The van der Waals surface area contributed by atoms with Crippen molar-refractivity contribution in [2.45, 2.75) is 0 Å². The molecule has 0 fully saturated rings. The van der Waals surface area contributed by atoms with Crippen molar-refractivity contribution in [2.75, 3.05) is 5.73 Å². The number of hydrogen-bond acceptors (Lipinski definition) is 2. The molecule has 2 N–H and O–H groups in total. The Kier molecular flexibility index (Phi) is 1.82. The van der Waals surface area contributed by atoms with Crippen LogP contribution in [0.15, 0.2) is 30.5 Å². The molecule has 66 valence electrons. The molecule has 1 aromatic carbocycles. The standard InChI is InChI=1S/C9H9N2OP/c10-7-1-2-8-6(5-7)3-4-11(8)9(12)13/h1-5H,10,13H2. The van der Waals surface area contributed by atoms with Gasteiger partial charge in [0.15, 0.2) is 0 Å². The molecule has 1 atom stereocenters. The number of rotatable bonds is 0. The van der Waals surface area contributed by atoms with E-state index in [4.69, 9.17) is 5.73 Å². The molecule has 0 radical (unpaired) electrons. The van der Waals surface area contributed by atoms with Gasteiger partial charge in [-0.05, 0) is 33.5 Å². The third-order valence-corrected chi connectivity index (χ3v) is 2.23. The number of carbonyl (C=O) groups excluding carboxylic acids is 1. The maximum Gasteiger partial charge on any atom is 0.245 e. The van der Waals surface area contributed by atoms with E-state index in [0.717, 1.165) is 10.9 Å².